The molecule has 2 atom stereocenters. The Bertz CT molecular complexity index is 506. The number of imidazole rings is 1. The van der Waals surface area contributed by atoms with E-state index in [0.29, 0.717) is 12.0 Å². The fraction of sp³-hybridized carbons (Fsp3) is 0.733. The van der Waals surface area contributed by atoms with Gasteiger partial charge in [-0.05, 0) is 32.1 Å². The Morgan fingerprint density at radius 3 is 2.95 bits per heavy atom. The molecule has 2 fully saturated rings. The maximum absolute atomic E-state index is 12.7. The standard InChI is InChI=1S/C15H22N4O/c20-15(18-5-2-1-3-6-18)19-7-4-11-8-12(19)9-13-14(11)17-10-16-13/h10-12H,1-9H2,(H,16,17)/t11-,12+/m1/s1. The number of aromatic nitrogens is 2. The molecule has 1 aromatic rings. The average molecular weight is 274 g/mol. The summed E-state index contributed by atoms with van der Waals surface area (Å²) in [4.78, 5) is 24.6. The average Bonchev–Trinajstić information content (AvgIpc) is 2.96. The molecular weight excluding hydrogens is 252 g/mol. The van der Waals surface area contributed by atoms with E-state index >= 15 is 0 Å². The van der Waals surface area contributed by atoms with Crippen molar-refractivity contribution in [2.24, 2.45) is 0 Å². The van der Waals surface area contributed by atoms with Gasteiger partial charge in [0.25, 0.3) is 0 Å². The van der Waals surface area contributed by atoms with Crippen molar-refractivity contribution in [3.05, 3.63) is 17.7 Å². The molecule has 0 spiro atoms. The van der Waals surface area contributed by atoms with E-state index in [1.54, 1.807) is 0 Å². The maximum atomic E-state index is 12.7. The number of hydrogen-bond acceptors (Lipinski definition) is 2. The van der Waals surface area contributed by atoms with Gasteiger partial charge in [0.05, 0.1) is 12.0 Å². The van der Waals surface area contributed by atoms with Crippen molar-refractivity contribution in [1.29, 1.82) is 0 Å². The highest BCUT2D eigenvalue weighted by atomic mass is 16.2. The highest BCUT2D eigenvalue weighted by Gasteiger charge is 2.39. The van der Waals surface area contributed by atoms with E-state index < -0.39 is 0 Å². The van der Waals surface area contributed by atoms with Crippen LogP contribution in [-0.2, 0) is 6.42 Å². The second kappa shape index (κ2) is 4.79. The summed E-state index contributed by atoms with van der Waals surface area (Å²) in [7, 11) is 0. The van der Waals surface area contributed by atoms with Gasteiger partial charge in [0.2, 0.25) is 0 Å². The Labute approximate surface area is 119 Å². The number of hydrogen-bond donors (Lipinski definition) is 1. The minimum absolute atomic E-state index is 0.270. The number of amides is 2. The van der Waals surface area contributed by atoms with Crippen LogP contribution in [0.25, 0.3) is 0 Å². The third-order valence-electron chi connectivity index (χ3n) is 5.18. The highest BCUT2D eigenvalue weighted by molar-refractivity contribution is 5.75. The van der Waals surface area contributed by atoms with Crippen LogP contribution in [0.5, 0.6) is 0 Å². The van der Waals surface area contributed by atoms with Crippen LogP contribution in [0.3, 0.4) is 0 Å². The molecule has 20 heavy (non-hydrogen) atoms. The molecule has 2 aliphatic heterocycles. The monoisotopic (exact) mass is 274 g/mol. The van der Waals surface area contributed by atoms with Gasteiger partial charge < -0.3 is 14.8 Å². The zero-order chi connectivity index (χ0) is 13.5. The van der Waals surface area contributed by atoms with E-state index in [4.69, 9.17) is 0 Å². The van der Waals surface area contributed by atoms with E-state index in [9.17, 15) is 4.79 Å². The topological polar surface area (TPSA) is 52.2 Å². The van der Waals surface area contributed by atoms with Gasteiger partial charge in [-0.3, -0.25) is 0 Å². The largest absolute Gasteiger partial charge is 0.348 e. The molecule has 2 saturated heterocycles. The second-order valence-corrected chi connectivity index (χ2v) is 6.37. The van der Waals surface area contributed by atoms with E-state index in [1.807, 2.05) is 6.33 Å². The first-order valence-electron chi connectivity index (χ1n) is 7.90. The molecule has 5 nitrogen and oxygen atoms in total. The summed E-state index contributed by atoms with van der Waals surface area (Å²) >= 11 is 0. The zero-order valence-corrected chi connectivity index (χ0v) is 11.8. The van der Waals surface area contributed by atoms with Crippen molar-refractivity contribution in [2.75, 3.05) is 19.6 Å². The fourth-order valence-electron chi connectivity index (χ4n) is 4.10. The van der Waals surface area contributed by atoms with Gasteiger partial charge >= 0.3 is 6.03 Å². The normalized spacial score (nSPS) is 29.2. The van der Waals surface area contributed by atoms with Gasteiger partial charge in [-0.1, -0.05) is 0 Å². The number of piperidine rings is 2. The van der Waals surface area contributed by atoms with Crippen molar-refractivity contribution >= 4 is 6.03 Å². The predicted octanol–water partition coefficient (Wildman–Crippen LogP) is 2.12. The van der Waals surface area contributed by atoms with Crippen LogP contribution in [0.2, 0.25) is 0 Å². The van der Waals surface area contributed by atoms with Crippen molar-refractivity contribution in [3.8, 4) is 0 Å². The van der Waals surface area contributed by atoms with Crippen LogP contribution in [-0.4, -0.2) is 51.5 Å². The second-order valence-electron chi connectivity index (χ2n) is 6.37. The van der Waals surface area contributed by atoms with Crippen LogP contribution in [0.4, 0.5) is 4.79 Å². The molecule has 1 aromatic heterocycles. The quantitative estimate of drug-likeness (QED) is 0.788. The number of H-pyrrole nitrogens is 1. The smallest absolute Gasteiger partial charge is 0.320 e. The summed E-state index contributed by atoms with van der Waals surface area (Å²) in [5.74, 6) is 0.580. The Hall–Kier alpha value is -1.52. The van der Waals surface area contributed by atoms with Crippen molar-refractivity contribution in [1.82, 2.24) is 19.8 Å². The van der Waals surface area contributed by atoms with Crippen LogP contribution < -0.4 is 0 Å². The first-order chi connectivity index (χ1) is 9.83. The molecular formula is C15H22N4O. The molecule has 0 aromatic carbocycles. The number of carbonyl (C=O) groups is 1. The molecule has 4 rings (SSSR count). The van der Waals surface area contributed by atoms with E-state index in [0.717, 1.165) is 51.7 Å². The van der Waals surface area contributed by atoms with E-state index in [1.165, 1.54) is 17.8 Å². The van der Waals surface area contributed by atoms with Crippen LogP contribution in [0.15, 0.2) is 6.33 Å². The lowest BCUT2D eigenvalue weighted by molar-refractivity contribution is 0.0977. The minimum Gasteiger partial charge on any atom is -0.348 e. The number of fused-ring (bicyclic) bond motifs is 4. The first kappa shape index (κ1) is 12.2. The third-order valence-corrected chi connectivity index (χ3v) is 5.18. The van der Waals surface area contributed by atoms with Gasteiger partial charge in [0.15, 0.2) is 0 Å². The first-order valence-corrected chi connectivity index (χ1v) is 7.90. The Morgan fingerprint density at radius 1 is 1.25 bits per heavy atom. The Kier molecular flexibility index (Phi) is 2.93. The van der Waals surface area contributed by atoms with Crippen molar-refractivity contribution in [2.45, 2.75) is 50.5 Å². The van der Waals surface area contributed by atoms with E-state index in [-0.39, 0.29) is 6.03 Å². The Balaban J connectivity index is 1.52. The van der Waals surface area contributed by atoms with Crippen molar-refractivity contribution in [3.63, 3.8) is 0 Å². The number of urea groups is 1. The summed E-state index contributed by atoms with van der Waals surface area (Å²) in [6.45, 7) is 2.79. The van der Waals surface area contributed by atoms with Gasteiger partial charge in [-0.15, -0.1) is 0 Å². The number of likely N-dealkylation sites (tertiary alicyclic amines) is 2. The molecule has 0 unspecified atom stereocenters. The molecule has 108 valence electrons. The molecule has 1 N–H and O–H groups in total. The van der Waals surface area contributed by atoms with Crippen molar-refractivity contribution < 1.29 is 4.79 Å². The molecule has 1 aliphatic carbocycles. The summed E-state index contributed by atoms with van der Waals surface area (Å²) in [6, 6.07) is 0.631. The predicted molar refractivity (Wildman–Crippen MR) is 75.6 cm³/mol. The fourth-order valence-corrected chi connectivity index (χ4v) is 4.10. The lowest BCUT2D eigenvalue weighted by atomic mass is 9.80. The lowest BCUT2D eigenvalue weighted by Crippen LogP contribution is -2.54. The third kappa shape index (κ3) is 1.91. The molecule has 2 amide bonds. The summed E-state index contributed by atoms with van der Waals surface area (Å²) in [6.07, 6.45) is 8.51. The van der Waals surface area contributed by atoms with Gasteiger partial charge in [0.1, 0.15) is 0 Å². The van der Waals surface area contributed by atoms with Gasteiger partial charge in [-0.2, -0.15) is 0 Å². The summed E-state index contributed by atoms with van der Waals surface area (Å²) in [5.41, 5.74) is 2.51. The minimum atomic E-state index is 0.270. The molecule has 0 radical (unpaired) electrons. The molecule has 5 heteroatoms. The van der Waals surface area contributed by atoms with E-state index in [2.05, 4.69) is 19.8 Å². The van der Waals surface area contributed by atoms with Crippen LogP contribution in [0, 0.1) is 0 Å². The lowest BCUT2D eigenvalue weighted by Gasteiger charge is -2.44. The highest BCUT2D eigenvalue weighted by Crippen LogP contribution is 2.38. The Morgan fingerprint density at radius 2 is 2.10 bits per heavy atom. The molecule has 3 heterocycles. The summed E-state index contributed by atoms with van der Waals surface area (Å²) in [5, 5.41) is 0. The molecule has 0 saturated carbocycles. The maximum Gasteiger partial charge on any atom is 0.320 e. The van der Waals surface area contributed by atoms with Gasteiger partial charge in [-0.25, -0.2) is 9.78 Å². The number of nitrogens with one attached hydrogen (secondary N) is 1. The summed E-state index contributed by atoms with van der Waals surface area (Å²) < 4.78 is 0. The van der Waals surface area contributed by atoms with Crippen LogP contribution >= 0.6 is 0 Å². The number of carbonyl (C=O) groups excluding carboxylic acids is 1. The number of rotatable bonds is 0. The zero-order valence-electron chi connectivity index (χ0n) is 11.8. The molecule has 2 bridgehead atoms. The number of nitrogens with zero attached hydrogens (tertiary/aromatic N) is 3. The SMILES string of the molecule is O=C(N1CCCCC1)N1CC[C@@H]2C[C@H]1Cc1nc[nH]c12. The van der Waals surface area contributed by atoms with Gasteiger partial charge in [0, 0.05) is 43.7 Å². The number of aromatic amines is 1. The molecule has 3 aliphatic rings. The van der Waals surface area contributed by atoms with Crippen LogP contribution in [0.1, 0.15) is 49.4 Å².